The fraction of sp³-hybridized carbons (Fsp3) is 0.500. The number of benzene rings is 3. The Kier molecular flexibility index (Phi) is 24.5. The van der Waals surface area contributed by atoms with Crippen molar-refractivity contribution in [3.63, 3.8) is 0 Å². The van der Waals surface area contributed by atoms with E-state index in [0.29, 0.717) is 56.4 Å². The van der Waals surface area contributed by atoms with Crippen LogP contribution >= 0.6 is 0 Å². The molecule has 89 heavy (non-hydrogen) atoms. The number of nitrogens with zero attached hydrogens (tertiary/aromatic N) is 4. The Hall–Kier alpha value is -7.49. The number of unbranched alkanes of at least 4 members (excludes halogenated alkanes) is 6. The van der Waals surface area contributed by atoms with E-state index in [1.54, 1.807) is 17.1 Å². The maximum atomic E-state index is 14.5. The summed E-state index contributed by atoms with van der Waals surface area (Å²) in [7, 11) is 0. The zero-order valence-electron chi connectivity index (χ0n) is 52.9. The number of carbonyl (C=O) groups is 4. The highest BCUT2D eigenvalue weighted by atomic mass is 19.1. The monoisotopic (exact) mass is 1220 g/mol. The molecule has 1 saturated heterocycles. The van der Waals surface area contributed by atoms with Crippen molar-refractivity contribution in [1.82, 2.24) is 40.3 Å². The van der Waals surface area contributed by atoms with E-state index in [-0.39, 0.29) is 75.4 Å². The Balaban J connectivity index is 0.744. The maximum absolute atomic E-state index is 14.5. The second kappa shape index (κ2) is 32.3. The van der Waals surface area contributed by atoms with Gasteiger partial charge < -0.3 is 45.4 Å². The largest absolute Gasteiger partial charge is 0.393 e. The Morgan fingerprint density at radius 3 is 2.21 bits per heavy atom. The van der Waals surface area contributed by atoms with Gasteiger partial charge in [0, 0.05) is 56.2 Å². The predicted molar refractivity (Wildman–Crippen MR) is 349 cm³/mol. The number of ether oxygens (including phenoxy) is 1. The molecule has 2 aromatic heterocycles. The molecule has 4 atom stereocenters. The molecule has 7 N–H and O–H groups in total. The molecule has 0 radical (unpaired) electrons. The lowest BCUT2D eigenvalue weighted by Crippen LogP contribution is -2.51. The zero-order chi connectivity index (χ0) is 63.5. The Bertz CT molecular complexity index is 3400. The lowest BCUT2D eigenvalue weighted by molar-refractivity contribution is -0.130. The third kappa shape index (κ3) is 19.3. The van der Waals surface area contributed by atoms with Gasteiger partial charge in [0.05, 0.1) is 67.5 Å². The molecule has 8 rings (SSSR count). The van der Waals surface area contributed by atoms with Crippen LogP contribution in [-0.4, -0.2) is 122 Å². The minimum absolute atomic E-state index is 0.00599. The standard InChI is InChI=1S/C72H94FN9O7/c1-7-24-55(41-50(2)3)59(78-69(87)60-43-58(84)46-80(60)49-89-47-61(71(4,5)6)79-70(88)72(73)37-38-72)44-63(86)76-40-21-11-8-9-20-32-62(85)75-39-22-12-10-15-25-51-26-23-27-52(42-51)45-81-66(54-30-18-14-19-31-54)64(53-28-16-13-17-29-53)65-67(74)82(48-77-68(65)81)56-33-35-57(83)36-34-56/h7,13-14,16-19,23-24,26-31,41-42,48,56-61,74,83-84H,1,8-12,20-22,32-40,43-47,49H2,2-6H3,(H,75,85)(H,76,86)(H,78,87)(H,79,88)/b55-24+,74-67?/t56?,57?,58-,59+,60+,61?/m1/s1. The molecule has 3 aromatic carbocycles. The minimum Gasteiger partial charge on any atom is -0.393 e. The number of hydrogen-bond donors (Lipinski definition) is 7. The first kappa shape index (κ1) is 67.4. The molecular weight excluding hydrogens is 1120 g/mol. The molecule has 3 heterocycles. The first-order valence-electron chi connectivity index (χ1n) is 32.2. The number of rotatable bonds is 30. The summed E-state index contributed by atoms with van der Waals surface area (Å²) in [5.74, 6) is 5.57. The fourth-order valence-electron chi connectivity index (χ4n) is 12.0. The van der Waals surface area contributed by atoms with Gasteiger partial charge in [-0.3, -0.25) is 29.5 Å². The van der Waals surface area contributed by atoms with Crippen molar-refractivity contribution in [3.8, 4) is 34.2 Å². The minimum atomic E-state index is -1.82. The van der Waals surface area contributed by atoms with E-state index < -0.39 is 41.2 Å². The number of amides is 4. The van der Waals surface area contributed by atoms with Crippen LogP contribution in [-0.2, 0) is 30.5 Å². The summed E-state index contributed by atoms with van der Waals surface area (Å²) in [6.07, 6.45) is 16.8. The molecule has 3 aliphatic rings. The summed E-state index contributed by atoms with van der Waals surface area (Å²) in [6, 6.07) is 27.2. The number of β-amino-alcohol motifs (C(OH)–C–C–N with tert-alkyl or cyclic N) is 1. The predicted octanol–water partition coefficient (Wildman–Crippen LogP) is 10.7. The van der Waals surface area contributed by atoms with E-state index in [1.165, 1.54) is 0 Å². The van der Waals surface area contributed by atoms with E-state index in [1.807, 2.05) is 100 Å². The second-order valence-electron chi connectivity index (χ2n) is 25.8. The van der Waals surface area contributed by atoms with Crippen molar-refractivity contribution in [1.29, 1.82) is 5.41 Å². The lowest BCUT2D eigenvalue weighted by atomic mass is 9.87. The number of hydrogen-bond acceptors (Lipinski definition) is 10. The van der Waals surface area contributed by atoms with Crippen LogP contribution < -0.4 is 26.8 Å². The Morgan fingerprint density at radius 1 is 0.854 bits per heavy atom. The van der Waals surface area contributed by atoms with Crippen molar-refractivity contribution in [3.05, 3.63) is 144 Å². The molecule has 4 amide bonds. The highest BCUT2D eigenvalue weighted by molar-refractivity contribution is 6.02. The normalized spacial score (nSPS) is 18.9. The van der Waals surface area contributed by atoms with Gasteiger partial charge >= 0.3 is 0 Å². The van der Waals surface area contributed by atoms with E-state index >= 15 is 0 Å². The number of alkyl halides is 1. The van der Waals surface area contributed by atoms with Crippen LogP contribution in [0.5, 0.6) is 0 Å². The average Bonchev–Trinajstić information content (AvgIpc) is 1.60. The molecule has 1 unspecified atom stereocenters. The van der Waals surface area contributed by atoms with Crippen LogP contribution in [0.3, 0.4) is 0 Å². The molecular formula is C72H94FN9O7. The topological polar surface area (TPSA) is 216 Å². The molecule has 17 heteroatoms. The van der Waals surface area contributed by atoms with Gasteiger partial charge in [0.2, 0.25) is 17.7 Å². The number of aliphatic hydroxyl groups is 2. The number of aliphatic hydroxyl groups excluding tert-OH is 2. The van der Waals surface area contributed by atoms with Crippen LogP contribution in [0, 0.1) is 22.7 Å². The molecule has 5 aromatic rings. The lowest BCUT2D eigenvalue weighted by Gasteiger charge is -2.33. The van der Waals surface area contributed by atoms with E-state index in [2.05, 4.69) is 80.7 Å². The van der Waals surface area contributed by atoms with Gasteiger partial charge in [-0.2, -0.15) is 0 Å². The van der Waals surface area contributed by atoms with Gasteiger partial charge in [-0.15, -0.1) is 0 Å². The third-order valence-corrected chi connectivity index (χ3v) is 17.2. The Labute approximate surface area is 525 Å². The molecule has 0 spiro atoms. The van der Waals surface area contributed by atoms with E-state index in [0.717, 1.165) is 108 Å². The van der Waals surface area contributed by atoms with Crippen molar-refractivity contribution in [2.75, 3.05) is 33.0 Å². The van der Waals surface area contributed by atoms with Crippen LogP contribution in [0.2, 0.25) is 0 Å². The SMILES string of the molecule is C=C/C=C(\C=C(C)C)[C@H](CC(=O)NCCCCCCCC(=O)NCCCCC#Cc1cccc(Cn2c(-c3ccccc3)c(-c3ccccc3)c3c(=N)n(C4CCC(O)CC4)cnc32)c1)NC(=O)[C@@H]1C[C@@H](O)CN1COCC(NC(=O)C1(F)CC1)C(C)(C)C. The third-order valence-electron chi connectivity index (χ3n) is 17.2. The van der Waals surface area contributed by atoms with E-state index in [9.17, 15) is 39.2 Å². The molecule has 2 aliphatic carbocycles. The summed E-state index contributed by atoms with van der Waals surface area (Å²) < 4.78 is 24.8. The zero-order valence-corrected chi connectivity index (χ0v) is 52.9. The number of aromatic nitrogens is 3. The molecule has 1 aliphatic heterocycles. The van der Waals surface area contributed by atoms with Crippen LogP contribution in [0.15, 0.2) is 127 Å². The van der Waals surface area contributed by atoms with Gasteiger partial charge in [-0.1, -0.05) is 155 Å². The molecule has 3 fully saturated rings. The van der Waals surface area contributed by atoms with Crippen LogP contribution in [0.1, 0.15) is 161 Å². The quantitative estimate of drug-likeness (QED) is 0.0132. The molecule has 2 saturated carbocycles. The number of halogens is 1. The van der Waals surface area contributed by atoms with Gasteiger partial charge in [0.15, 0.2) is 5.67 Å². The number of nitrogens with one attached hydrogen (secondary N) is 5. The molecule has 16 nitrogen and oxygen atoms in total. The highest BCUT2D eigenvalue weighted by Crippen LogP contribution is 2.42. The van der Waals surface area contributed by atoms with Gasteiger partial charge in [-0.05, 0) is 124 Å². The average molecular weight is 1220 g/mol. The number of fused-ring (bicyclic) bond motifs is 1. The molecule has 476 valence electrons. The fourth-order valence-corrected chi connectivity index (χ4v) is 12.0. The van der Waals surface area contributed by atoms with Crippen LogP contribution in [0.4, 0.5) is 4.39 Å². The summed E-state index contributed by atoms with van der Waals surface area (Å²) in [6.45, 7) is 15.4. The van der Waals surface area contributed by atoms with Crippen molar-refractivity contribution in [2.24, 2.45) is 5.41 Å². The van der Waals surface area contributed by atoms with Crippen molar-refractivity contribution >= 4 is 34.7 Å². The van der Waals surface area contributed by atoms with Crippen LogP contribution in [0.25, 0.3) is 33.4 Å². The Morgan fingerprint density at radius 2 is 1.53 bits per heavy atom. The van der Waals surface area contributed by atoms with E-state index in [4.69, 9.17) is 9.72 Å². The number of allylic oxidation sites excluding steroid dienone is 3. The van der Waals surface area contributed by atoms with Gasteiger partial charge in [0.1, 0.15) is 11.1 Å². The van der Waals surface area contributed by atoms with Crippen molar-refractivity contribution in [2.45, 2.75) is 192 Å². The number of carbonyl (C=O) groups excluding carboxylic acids is 4. The van der Waals surface area contributed by atoms with Gasteiger partial charge in [0.25, 0.3) is 5.91 Å². The second-order valence-corrected chi connectivity index (χ2v) is 25.8. The smallest absolute Gasteiger partial charge is 0.257 e. The maximum Gasteiger partial charge on any atom is 0.257 e. The summed E-state index contributed by atoms with van der Waals surface area (Å²) in [4.78, 5) is 59.5. The van der Waals surface area contributed by atoms with Gasteiger partial charge in [-0.25, -0.2) is 9.37 Å². The van der Waals surface area contributed by atoms with Crippen molar-refractivity contribution < 1.29 is 38.5 Å². The molecule has 0 bridgehead atoms. The first-order chi connectivity index (χ1) is 42.8. The highest BCUT2D eigenvalue weighted by Gasteiger charge is 2.52. The first-order valence-corrected chi connectivity index (χ1v) is 32.2. The number of likely N-dealkylation sites (tertiary alicyclic amines) is 1. The summed E-state index contributed by atoms with van der Waals surface area (Å²) in [5, 5.41) is 43.4. The summed E-state index contributed by atoms with van der Waals surface area (Å²) >= 11 is 0. The summed E-state index contributed by atoms with van der Waals surface area (Å²) in [5.41, 5.74) is 6.68.